The maximum absolute atomic E-state index is 10.4. The predicted molar refractivity (Wildman–Crippen MR) is 145 cm³/mol. The predicted octanol–water partition coefficient (Wildman–Crippen LogP) is 5.19. The molecule has 2 rings (SSSR count). The molecular formula is C24H43N3O4SeSi2. The minimum absolute atomic E-state index is 0.0344. The van der Waals surface area contributed by atoms with Gasteiger partial charge in [-0.1, -0.05) is 0 Å². The standard InChI is InChI=1S/C24H43N3O4SeSi2/c1-23(2,3)33(7,8)30-20-18(16-28)29-22(32-17-14-12-11-13-15-17)19(26-27-25)21(20)31-34(9,10)24(4,5)6/h11-15,18-22,28H,16H2,1-10H3/t18-,19-,20+,21-,22-/m1/s1. The first-order valence-electron chi connectivity index (χ1n) is 11.9. The molecule has 1 aromatic carbocycles. The van der Waals surface area contributed by atoms with Crippen LogP contribution in [0.2, 0.25) is 36.3 Å². The molecule has 1 fully saturated rings. The van der Waals surface area contributed by atoms with E-state index in [0.29, 0.717) is 0 Å². The second-order valence-corrected chi connectivity index (χ2v) is 24.0. The van der Waals surface area contributed by atoms with Crippen LogP contribution in [0.5, 0.6) is 0 Å². The first kappa shape index (κ1) is 29.6. The summed E-state index contributed by atoms with van der Waals surface area (Å²) in [4.78, 5) is 3.21. The number of aliphatic hydroxyl groups excluding tert-OH is 1. The van der Waals surface area contributed by atoms with Crippen molar-refractivity contribution in [1.82, 2.24) is 0 Å². The van der Waals surface area contributed by atoms with Crippen LogP contribution in [0.4, 0.5) is 0 Å². The molecule has 0 aromatic heterocycles. The fraction of sp³-hybridized carbons (Fsp3) is 0.750. The van der Waals surface area contributed by atoms with Crippen LogP contribution in [0, 0.1) is 0 Å². The molecule has 192 valence electrons. The number of hydrogen-bond donors (Lipinski definition) is 1. The monoisotopic (exact) mass is 573 g/mol. The van der Waals surface area contributed by atoms with Gasteiger partial charge in [0.25, 0.3) is 0 Å². The van der Waals surface area contributed by atoms with Crippen molar-refractivity contribution in [2.45, 2.75) is 107 Å². The molecule has 10 heteroatoms. The van der Waals surface area contributed by atoms with Crippen LogP contribution in [-0.4, -0.2) is 72.7 Å². The van der Waals surface area contributed by atoms with Gasteiger partial charge in [-0.3, -0.25) is 0 Å². The van der Waals surface area contributed by atoms with Gasteiger partial charge in [0.2, 0.25) is 0 Å². The van der Waals surface area contributed by atoms with E-state index in [2.05, 4.69) is 89.9 Å². The molecule has 0 amide bonds. The molecule has 7 nitrogen and oxygen atoms in total. The Balaban J connectivity index is 2.57. The number of aliphatic hydroxyl groups is 1. The van der Waals surface area contributed by atoms with Gasteiger partial charge in [0.05, 0.1) is 0 Å². The molecule has 1 aliphatic heterocycles. The molecule has 0 aliphatic carbocycles. The topological polar surface area (TPSA) is 96.7 Å². The van der Waals surface area contributed by atoms with Crippen molar-refractivity contribution in [2.75, 3.05) is 6.61 Å². The maximum atomic E-state index is 10.4. The number of azide groups is 1. The SMILES string of the molecule is CC(C)(C)[Si](C)(C)O[C@@H]1[C@@H](N=[N+]=[N-])[C@@H]([Se]c2ccccc2)O[C@H](CO)[C@@H]1O[Si](C)(C)C(C)(C)C. The van der Waals surface area contributed by atoms with Crippen molar-refractivity contribution in [3.8, 4) is 0 Å². The molecule has 34 heavy (non-hydrogen) atoms. The van der Waals surface area contributed by atoms with Crippen LogP contribution in [0.1, 0.15) is 41.5 Å². The van der Waals surface area contributed by atoms with E-state index in [9.17, 15) is 10.6 Å². The molecule has 0 bridgehead atoms. The third kappa shape index (κ3) is 6.96. The number of rotatable bonds is 8. The van der Waals surface area contributed by atoms with E-state index in [4.69, 9.17) is 13.6 Å². The Morgan fingerprint density at radius 1 is 0.971 bits per heavy atom. The molecule has 1 aromatic rings. The summed E-state index contributed by atoms with van der Waals surface area (Å²) < 4.78 is 21.4. The molecule has 5 atom stereocenters. The van der Waals surface area contributed by atoms with E-state index >= 15 is 0 Å². The molecule has 1 saturated heterocycles. The van der Waals surface area contributed by atoms with Crippen molar-refractivity contribution in [1.29, 1.82) is 0 Å². The molecule has 1 N–H and O–H groups in total. The summed E-state index contributed by atoms with van der Waals surface area (Å²) in [5.74, 6) is 0. The summed E-state index contributed by atoms with van der Waals surface area (Å²) in [6, 6.07) is 9.56. The summed E-state index contributed by atoms with van der Waals surface area (Å²) in [6.45, 7) is 21.7. The van der Waals surface area contributed by atoms with E-state index in [1.165, 1.54) is 0 Å². The van der Waals surface area contributed by atoms with E-state index < -0.39 is 41.0 Å². The first-order valence-corrected chi connectivity index (χ1v) is 19.6. The van der Waals surface area contributed by atoms with Crippen LogP contribution in [0.25, 0.3) is 10.4 Å². The Labute approximate surface area is 214 Å². The third-order valence-electron chi connectivity index (χ3n) is 7.45. The van der Waals surface area contributed by atoms with Crippen molar-refractivity contribution >= 4 is 36.1 Å². The molecule has 0 spiro atoms. The number of nitrogens with zero attached hydrogens (tertiary/aromatic N) is 3. The van der Waals surface area contributed by atoms with Crippen LogP contribution >= 0.6 is 0 Å². The van der Waals surface area contributed by atoms with Crippen molar-refractivity contribution < 1.29 is 18.7 Å². The van der Waals surface area contributed by atoms with Crippen LogP contribution < -0.4 is 4.46 Å². The van der Waals surface area contributed by atoms with Gasteiger partial charge in [-0.15, -0.1) is 0 Å². The van der Waals surface area contributed by atoms with Crippen LogP contribution in [0.3, 0.4) is 0 Å². The molecule has 0 unspecified atom stereocenters. The van der Waals surface area contributed by atoms with Crippen molar-refractivity contribution in [2.24, 2.45) is 5.11 Å². The first-order chi connectivity index (χ1) is 15.5. The van der Waals surface area contributed by atoms with Gasteiger partial charge in [0, 0.05) is 0 Å². The third-order valence-corrected chi connectivity index (χ3v) is 18.8. The average Bonchev–Trinajstić information content (AvgIpc) is 2.70. The fourth-order valence-electron chi connectivity index (χ4n) is 3.26. The van der Waals surface area contributed by atoms with Crippen LogP contribution in [-0.2, 0) is 13.6 Å². The molecule has 0 saturated carbocycles. The summed E-state index contributed by atoms with van der Waals surface area (Å²) in [5.41, 5.74) is 9.53. The van der Waals surface area contributed by atoms with Gasteiger partial charge in [-0.2, -0.15) is 0 Å². The Bertz CT molecular complexity index is 852. The van der Waals surface area contributed by atoms with Crippen LogP contribution in [0.15, 0.2) is 35.4 Å². The fourth-order valence-corrected chi connectivity index (χ4v) is 8.26. The molecular weight excluding hydrogens is 529 g/mol. The second kappa shape index (κ2) is 11.2. The molecule has 1 heterocycles. The van der Waals surface area contributed by atoms with E-state index in [0.717, 1.165) is 4.46 Å². The minimum atomic E-state index is -2.27. The normalized spacial score (nSPS) is 26.7. The van der Waals surface area contributed by atoms with Gasteiger partial charge in [-0.25, -0.2) is 0 Å². The zero-order valence-corrected chi connectivity index (χ0v) is 26.1. The zero-order chi connectivity index (χ0) is 25.9. The summed E-state index contributed by atoms with van der Waals surface area (Å²) in [7, 11) is -4.52. The Hall–Kier alpha value is -0.677. The van der Waals surface area contributed by atoms with Crippen molar-refractivity contribution in [3.05, 3.63) is 40.8 Å². The molecule has 1 aliphatic rings. The zero-order valence-electron chi connectivity index (χ0n) is 22.4. The Kier molecular flexibility index (Phi) is 9.69. The second-order valence-electron chi connectivity index (χ2n) is 12.0. The summed E-state index contributed by atoms with van der Waals surface area (Å²) in [6.07, 6.45) is -1.56. The van der Waals surface area contributed by atoms with E-state index in [1.807, 2.05) is 18.2 Å². The Morgan fingerprint density at radius 3 is 1.91 bits per heavy atom. The Morgan fingerprint density at radius 2 is 1.47 bits per heavy atom. The van der Waals surface area contributed by atoms with Gasteiger partial charge in [-0.05, 0) is 0 Å². The van der Waals surface area contributed by atoms with Gasteiger partial charge < -0.3 is 0 Å². The number of hydrogen-bond acceptors (Lipinski definition) is 5. The summed E-state index contributed by atoms with van der Waals surface area (Å²) in [5, 5.41) is 14.2. The van der Waals surface area contributed by atoms with Gasteiger partial charge in [0.15, 0.2) is 0 Å². The average molecular weight is 573 g/mol. The summed E-state index contributed by atoms with van der Waals surface area (Å²) >= 11 is -0.134. The van der Waals surface area contributed by atoms with Gasteiger partial charge in [0.1, 0.15) is 0 Å². The van der Waals surface area contributed by atoms with E-state index in [-0.39, 0.29) is 36.6 Å². The van der Waals surface area contributed by atoms with Crippen molar-refractivity contribution in [3.63, 3.8) is 0 Å². The number of benzene rings is 1. The quantitative estimate of drug-likeness (QED) is 0.201. The van der Waals surface area contributed by atoms with Gasteiger partial charge >= 0.3 is 214 Å². The van der Waals surface area contributed by atoms with E-state index in [1.54, 1.807) is 0 Å². The number of ether oxygens (including phenoxy) is 1. The molecule has 0 radical (unpaired) electrons.